The van der Waals surface area contributed by atoms with Crippen LogP contribution in [-0.2, 0) is 0 Å². The Kier molecular flexibility index (Phi) is 4.64. The second kappa shape index (κ2) is 4.96. The smallest absolute Gasteiger partial charge is 0.197 e. The molecule has 0 amide bonds. The van der Waals surface area contributed by atoms with E-state index in [1.807, 2.05) is 27.7 Å². The van der Waals surface area contributed by atoms with Gasteiger partial charge < -0.3 is 4.42 Å². The average molecular weight is 169 g/mol. The van der Waals surface area contributed by atoms with Gasteiger partial charge in [-0.25, -0.2) is 4.98 Å². The SMILES string of the molecule is CC.Cc1nc(C(C)C)oc1C. The lowest BCUT2D eigenvalue weighted by molar-refractivity contribution is 0.450. The number of nitrogens with zero attached hydrogens (tertiary/aromatic N) is 1. The minimum absolute atomic E-state index is 0.396. The molecule has 0 unspecified atom stereocenters. The van der Waals surface area contributed by atoms with Crippen molar-refractivity contribution in [2.45, 2.75) is 47.5 Å². The van der Waals surface area contributed by atoms with E-state index in [-0.39, 0.29) is 0 Å². The maximum absolute atomic E-state index is 5.36. The van der Waals surface area contributed by atoms with Gasteiger partial charge in [-0.1, -0.05) is 27.7 Å². The van der Waals surface area contributed by atoms with Crippen LogP contribution in [0.3, 0.4) is 0 Å². The van der Waals surface area contributed by atoms with E-state index < -0.39 is 0 Å². The molecule has 0 radical (unpaired) electrons. The topological polar surface area (TPSA) is 26.0 Å². The van der Waals surface area contributed by atoms with Gasteiger partial charge in [-0.3, -0.25) is 0 Å². The molecule has 0 spiro atoms. The highest BCUT2D eigenvalue weighted by Crippen LogP contribution is 2.16. The first-order valence-electron chi connectivity index (χ1n) is 4.55. The molecule has 0 aromatic carbocycles. The minimum Gasteiger partial charge on any atom is -0.445 e. The first-order chi connectivity index (χ1) is 5.61. The van der Waals surface area contributed by atoms with Crippen molar-refractivity contribution in [1.29, 1.82) is 0 Å². The van der Waals surface area contributed by atoms with Crippen molar-refractivity contribution < 1.29 is 4.42 Å². The standard InChI is InChI=1S/C8H13NO.C2H6/c1-5(2)8-9-6(3)7(4)10-8;1-2/h5H,1-4H3;1-2H3. The Balaban J connectivity index is 0.000000561. The summed E-state index contributed by atoms with van der Waals surface area (Å²) in [5.74, 6) is 2.17. The molecule has 12 heavy (non-hydrogen) atoms. The third-order valence-electron chi connectivity index (χ3n) is 1.54. The molecule has 1 aromatic heterocycles. The van der Waals surface area contributed by atoms with E-state index in [0.717, 1.165) is 17.3 Å². The Morgan fingerprint density at radius 2 is 1.67 bits per heavy atom. The van der Waals surface area contributed by atoms with Crippen LogP contribution in [0.15, 0.2) is 4.42 Å². The molecule has 2 heteroatoms. The van der Waals surface area contributed by atoms with Crippen molar-refractivity contribution in [3.05, 3.63) is 17.3 Å². The molecule has 0 bridgehead atoms. The first kappa shape index (κ1) is 11.2. The molecule has 0 N–H and O–H groups in total. The minimum atomic E-state index is 0.396. The highest BCUT2D eigenvalue weighted by Gasteiger charge is 2.07. The summed E-state index contributed by atoms with van der Waals surface area (Å²) in [6.45, 7) is 12.0. The van der Waals surface area contributed by atoms with Gasteiger partial charge in [0.1, 0.15) is 5.76 Å². The van der Waals surface area contributed by atoms with E-state index in [4.69, 9.17) is 4.42 Å². The molecule has 0 aliphatic heterocycles. The molecule has 0 aliphatic carbocycles. The summed E-state index contributed by atoms with van der Waals surface area (Å²) in [4.78, 5) is 4.24. The summed E-state index contributed by atoms with van der Waals surface area (Å²) in [7, 11) is 0. The Labute approximate surface area is 75.0 Å². The fraction of sp³-hybridized carbons (Fsp3) is 0.700. The van der Waals surface area contributed by atoms with Crippen LogP contribution in [0, 0.1) is 13.8 Å². The second-order valence-electron chi connectivity index (χ2n) is 2.85. The summed E-state index contributed by atoms with van der Waals surface area (Å²) in [6.07, 6.45) is 0. The van der Waals surface area contributed by atoms with E-state index in [1.54, 1.807) is 0 Å². The fourth-order valence-electron chi connectivity index (χ4n) is 0.744. The molecule has 1 rings (SSSR count). The van der Waals surface area contributed by atoms with E-state index in [2.05, 4.69) is 18.8 Å². The maximum atomic E-state index is 5.36. The van der Waals surface area contributed by atoms with Crippen LogP contribution in [0.1, 0.15) is 51.0 Å². The zero-order valence-corrected chi connectivity index (χ0v) is 8.93. The molecule has 0 saturated carbocycles. The predicted octanol–water partition coefficient (Wildman–Crippen LogP) is 3.44. The molecule has 0 saturated heterocycles. The van der Waals surface area contributed by atoms with Crippen LogP contribution in [0.25, 0.3) is 0 Å². The summed E-state index contributed by atoms with van der Waals surface area (Å²) in [5.41, 5.74) is 1.00. The van der Waals surface area contributed by atoms with Crippen molar-refractivity contribution in [2.75, 3.05) is 0 Å². The third-order valence-corrected chi connectivity index (χ3v) is 1.54. The summed E-state index contributed by atoms with van der Waals surface area (Å²) < 4.78 is 5.36. The molecule has 0 atom stereocenters. The number of oxazole rings is 1. The van der Waals surface area contributed by atoms with Gasteiger partial charge in [0.05, 0.1) is 5.69 Å². The molecule has 0 aliphatic rings. The number of aryl methyl sites for hydroxylation is 2. The third kappa shape index (κ3) is 2.68. The van der Waals surface area contributed by atoms with Gasteiger partial charge in [-0.05, 0) is 13.8 Å². The van der Waals surface area contributed by atoms with Gasteiger partial charge >= 0.3 is 0 Å². The lowest BCUT2D eigenvalue weighted by Crippen LogP contribution is -1.85. The van der Waals surface area contributed by atoms with Crippen molar-refractivity contribution >= 4 is 0 Å². The fourth-order valence-corrected chi connectivity index (χ4v) is 0.744. The summed E-state index contributed by atoms with van der Waals surface area (Å²) in [6, 6.07) is 0. The molecular weight excluding hydrogens is 150 g/mol. The van der Waals surface area contributed by atoms with Crippen LogP contribution < -0.4 is 0 Å². The van der Waals surface area contributed by atoms with E-state index in [1.165, 1.54) is 0 Å². The molecule has 1 heterocycles. The second-order valence-corrected chi connectivity index (χ2v) is 2.85. The highest BCUT2D eigenvalue weighted by molar-refractivity contribution is 5.06. The van der Waals surface area contributed by atoms with E-state index >= 15 is 0 Å². The van der Waals surface area contributed by atoms with Gasteiger partial charge in [-0.2, -0.15) is 0 Å². The average Bonchev–Trinajstić information content (AvgIpc) is 2.36. The largest absolute Gasteiger partial charge is 0.445 e. The Bertz CT molecular complexity index is 206. The van der Waals surface area contributed by atoms with Gasteiger partial charge in [0.15, 0.2) is 5.89 Å². The summed E-state index contributed by atoms with van der Waals surface area (Å²) in [5, 5.41) is 0. The molecular formula is C10H19NO. The number of rotatable bonds is 1. The van der Waals surface area contributed by atoms with Gasteiger partial charge in [0.25, 0.3) is 0 Å². The lowest BCUT2D eigenvalue weighted by atomic mass is 10.2. The zero-order chi connectivity index (χ0) is 9.72. The van der Waals surface area contributed by atoms with Gasteiger partial charge in [0, 0.05) is 5.92 Å². The van der Waals surface area contributed by atoms with Crippen LogP contribution in [0.5, 0.6) is 0 Å². The molecule has 0 fully saturated rings. The lowest BCUT2D eigenvalue weighted by Gasteiger charge is -1.93. The highest BCUT2D eigenvalue weighted by atomic mass is 16.4. The maximum Gasteiger partial charge on any atom is 0.197 e. The van der Waals surface area contributed by atoms with Crippen molar-refractivity contribution in [3.63, 3.8) is 0 Å². The van der Waals surface area contributed by atoms with Crippen molar-refractivity contribution in [3.8, 4) is 0 Å². The predicted molar refractivity (Wildman–Crippen MR) is 51.4 cm³/mol. The monoisotopic (exact) mass is 169 g/mol. The normalized spacial score (nSPS) is 9.58. The summed E-state index contributed by atoms with van der Waals surface area (Å²) >= 11 is 0. The number of hydrogen-bond donors (Lipinski definition) is 0. The van der Waals surface area contributed by atoms with Crippen molar-refractivity contribution in [2.24, 2.45) is 0 Å². The van der Waals surface area contributed by atoms with Crippen LogP contribution in [0.2, 0.25) is 0 Å². The molecule has 2 nitrogen and oxygen atoms in total. The molecule has 70 valence electrons. The Morgan fingerprint density at radius 1 is 1.17 bits per heavy atom. The Morgan fingerprint density at radius 3 is 1.83 bits per heavy atom. The quantitative estimate of drug-likeness (QED) is 0.643. The van der Waals surface area contributed by atoms with Crippen molar-refractivity contribution in [1.82, 2.24) is 4.98 Å². The first-order valence-corrected chi connectivity index (χ1v) is 4.55. The molecule has 1 aromatic rings. The zero-order valence-electron chi connectivity index (χ0n) is 8.93. The van der Waals surface area contributed by atoms with Gasteiger partial charge in [-0.15, -0.1) is 0 Å². The van der Waals surface area contributed by atoms with E-state index in [0.29, 0.717) is 5.92 Å². The van der Waals surface area contributed by atoms with Crippen LogP contribution >= 0.6 is 0 Å². The van der Waals surface area contributed by atoms with Crippen LogP contribution in [0.4, 0.5) is 0 Å². The van der Waals surface area contributed by atoms with Gasteiger partial charge in [0.2, 0.25) is 0 Å². The van der Waals surface area contributed by atoms with Crippen LogP contribution in [-0.4, -0.2) is 4.98 Å². The Hall–Kier alpha value is -0.790. The number of aromatic nitrogens is 1. The number of hydrogen-bond acceptors (Lipinski definition) is 2. The van der Waals surface area contributed by atoms with E-state index in [9.17, 15) is 0 Å².